The number of benzene rings is 1. The van der Waals surface area contributed by atoms with Gasteiger partial charge in [-0.2, -0.15) is 0 Å². The SMILES string of the molecule is Cc1ccc(NC(=O)CSc2nc3sc4c(c3c(=O)n2C)CCC4)c([N+](=O)[O-])c1. The molecule has 0 saturated carbocycles. The number of fused-ring (bicyclic) bond motifs is 3. The summed E-state index contributed by atoms with van der Waals surface area (Å²) in [6, 6.07) is 4.63. The molecule has 0 saturated heterocycles. The minimum atomic E-state index is -0.523. The van der Waals surface area contributed by atoms with Gasteiger partial charge in [0.1, 0.15) is 10.5 Å². The Balaban J connectivity index is 1.53. The fraction of sp³-hybridized carbons (Fsp3) is 0.316. The van der Waals surface area contributed by atoms with Crippen LogP contribution in [0.25, 0.3) is 10.2 Å². The van der Waals surface area contributed by atoms with Crippen LogP contribution in [0.2, 0.25) is 0 Å². The van der Waals surface area contributed by atoms with Gasteiger partial charge >= 0.3 is 0 Å². The largest absolute Gasteiger partial charge is 0.320 e. The Bertz CT molecular complexity index is 1220. The van der Waals surface area contributed by atoms with E-state index in [0.717, 1.165) is 47.0 Å². The van der Waals surface area contributed by atoms with Crippen molar-refractivity contribution in [2.24, 2.45) is 7.05 Å². The molecule has 2 aromatic heterocycles. The Morgan fingerprint density at radius 1 is 1.41 bits per heavy atom. The number of aryl methyl sites for hydroxylation is 3. The second kappa shape index (κ2) is 7.60. The lowest BCUT2D eigenvalue weighted by atomic mass is 10.2. The lowest BCUT2D eigenvalue weighted by Gasteiger charge is -2.09. The van der Waals surface area contributed by atoms with Crippen molar-refractivity contribution in [1.82, 2.24) is 9.55 Å². The molecule has 1 aliphatic carbocycles. The van der Waals surface area contributed by atoms with Crippen molar-refractivity contribution < 1.29 is 9.72 Å². The van der Waals surface area contributed by atoms with Crippen molar-refractivity contribution in [1.29, 1.82) is 0 Å². The molecular weight excluding hydrogens is 412 g/mol. The molecule has 1 aromatic carbocycles. The first-order chi connectivity index (χ1) is 13.8. The van der Waals surface area contributed by atoms with Gasteiger partial charge < -0.3 is 5.32 Å². The monoisotopic (exact) mass is 430 g/mol. The molecule has 0 radical (unpaired) electrons. The summed E-state index contributed by atoms with van der Waals surface area (Å²) in [5.41, 5.74) is 1.77. The van der Waals surface area contributed by atoms with E-state index in [1.54, 1.807) is 31.4 Å². The van der Waals surface area contributed by atoms with Crippen LogP contribution in [0.3, 0.4) is 0 Å². The van der Waals surface area contributed by atoms with Crippen molar-refractivity contribution in [3.8, 4) is 0 Å². The highest BCUT2D eigenvalue weighted by Gasteiger charge is 2.23. The summed E-state index contributed by atoms with van der Waals surface area (Å²) in [5, 5.41) is 14.9. The van der Waals surface area contributed by atoms with Gasteiger partial charge in [0.2, 0.25) is 5.91 Å². The van der Waals surface area contributed by atoms with E-state index in [4.69, 9.17) is 0 Å². The second-order valence-corrected chi connectivity index (χ2v) is 8.94. The summed E-state index contributed by atoms with van der Waals surface area (Å²) < 4.78 is 1.47. The summed E-state index contributed by atoms with van der Waals surface area (Å²) in [7, 11) is 1.65. The predicted molar refractivity (Wildman–Crippen MR) is 114 cm³/mol. The number of nitro groups is 1. The van der Waals surface area contributed by atoms with Crippen LogP contribution in [0.4, 0.5) is 11.4 Å². The number of hydrogen-bond donors (Lipinski definition) is 1. The number of hydrogen-bond acceptors (Lipinski definition) is 7. The fourth-order valence-electron chi connectivity index (χ4n) is 3.45. The number of carbonyl (C=O) groups is 1. The Morgan fingerprint density at radius 2 is 2.21 bits per heavy atom. The van der Waals surface area contributed by atoms with Crippen molar-refractivity contribution in [3.63, 3.8) is 0 Å². The van der Waals surface area contributed by atoms with Crippen LogP contribution in [-0.2, 0) is 24.7 Å². The molecule has 29 heavy (non-hydrogen) atoms. The average molecular weight is 431 g/mol. The normalized spacial score (nSPS) is 12.9. The topological polar surface area (TPSA) is 107 Å². The molecule has 0 aliphatic heterocycles. The highest BCUT2D eigenvalue weighted by atomic mass is 32.2. The molecule has 4 rings (SSSR count). The zero-order chi connectivity index (χ0) is 20.7. The standard InChI is InChI=1S/C19H18N4O4S2/c1-10-6-7-12(13(8-10)23(26)27)20-15(24)9-28-19-21-17-16(18(25)22(19)2)11-4-3-5-14(11)29-17/h6-8H,3-5,9H2,1-2H3,(H,20,24). The Hall–Kier alpha value is -2.72. The van der Waals surface area contributed by atoms with E-state index < -0.39 is 10.8 Å². The first kappa shape index (κ1) is 19.6. The number of rotatable bonds is 5. The van der Waals surface area contributed by atoms with Gasteiger partial charge in [-0.25, -0.2) is 4.98 Å². The van der Waals surface area contributed by atoms with Crippen molar-refractivity contribution in [2.45, 2.75) is 31.3 Å². The van der Waals surface area contributed by atoms with E-state index in [-0.39, 0.29) is 22.7 Å². The predicted octanol–water partition coefficient (Wildman–Crippen LogP) is 3.43. The van der Waals surface area contributed by atoms with Gasteiger partial charge in [-0.05, 0) is 43.4 Å². The van der Waals surface area contributed by atoms with Crippen LogP contribution in [0.15, 0.2) is 28.2 Å². The van der Waals surface area contributed by atoms with E-state index in [9.17, 15) is 19.7 Å². The maximum absolute atomic E-state index is 12.8. The molecule has 0 unspecified atom stereocenters. The average Bonchev–Trinajstić information content (AvgIpc) is 3.25. The van der Waals surface area contributed by atoms with E-state index in [2.05, 4.69) is 10.3 Å². The van der Waals surface area contributed by atoms with Crippen LogP contribution >= 0.6 is 23.1 Å². The minimum absolute atomic E-state index is 0.0120. The molecular formula is C19H18N4O4S2. The first-order valence-electron chi connectivity index (χ1n) is 9.04. The highest BCUT2D eigenvalue weighted by Crippen LogP contribution is 2.35. The number of anilines is 1. The molecule has 1 amide bonds. The van der Waals surface area contributed by atoms with Gasteiger partial charge in [-0.15, -0.1) is 11.3 Å². The van der Waals surface area contributed by atoms with Crippen LogP contribution < -0.4 is 10.9 Å². The third-order valence-corrected chi connectivity index (χ3v) is 7.08. The highest BCUT2D eigenvalue weighted by molar-refractivity contribution is 7.99. The summed E-state index contributed by atoms with van der Waals surface area (Å²) in [5.74, 6) is -0.410. The van der Waals surface area contributed by atoms with Gasteiger partial charge in [0, 0.05) is 18.0 Å². The van der Waals surface area contributed by atoms with Crippen molar-refractivity contribution in [2.75, 3.05) is 11.1 Å². The molecule has 1 aliphatic rings. The Morgan fingerprint density at radius 3 is 2.97 bits per heavy atom. The van der Waals surface area contributed by atoms with Crippen molar-refractivity contribution in [3.05, 3.63) is 54.7 Å². The number of nitrogens with zero attached hydrogens (tertiary/aromatic N) is 3. The maximum Gasteiger partial charge on any atom is 0.293 e. The molecule has 8 nitrogen and oxygen atoms in total. The third kappa shape index (κ3) is 3.65. The number of nitro benzene ring substituents is 1. The minimum Gasteiger partial charge on any atom is -0.320 e. The number of amides is 1. The molecule has 0 spiro atoms. The van der Waals surface area contributed by atoms with E-state index in [0.29, 0.717) is 10.5 Å². The lowest BCUT2D eigenvalue weighted by molar-refractivity contribution is -0.384. The van der Waals surface area contributed by atoms with Crippen LogP contribution in [0, 0.1) is 17.0 Å². The molecule has 0 bridgehead atoms. The van der Waals surface area contributed by atoms with Crippen LogP contribution in [-0.4, -0.2) is 26.1 Å². The summed E-state index contributed by atoms with van der Waals surface area (Å²) in [6.45, 7) is 1.75. The molecule has 150 valence electrons. The molecule has 2 heterocycles. The Kier molecular flexibility index (Phi) is 5.13. The molecule has 0 fully saturated rings. The molecule has 0 atom stereocenters. The molecule has 10 heteroatoms. The summed E-state index contributed by atoms with van der Waals surface area (Å²) >= 11 is 2.69. The Labute approximate surface area is 174 Å². The number of aromatic nitrogens is 2. The first-order valence-corrected chi connectivity index (χ1v) is 10.8. The van der Waals surface area contributed by atoms with Crippen LogP contribution in [0.5, 0.6) is 0 Å². The quantitative estimate of drug-likeness (QED) is 0.288. The molecule has 3 aromatic rings. The summed E-state index contributed by atoms with van der Waals surface area (Å²) in [4.78, 5) is 42.4. The van der Waals surface area contributed by atoms with E-state index in [1.807, 2.05) is 0 Å². The van der Waals surface area contributed by atoms with Gasteiger partial charge in [0.05, 0.1) is 16.1 Å². The van der Waals surface area contributed by atoms with Crippen LogP contribution in [0.1, 0.15) is 22.4 Å². The maximum atomic E-state index is 12.8. The van der Waals surface area contributed by atoms with E-state index >= 15 is 0 Å². The number of thiophene rings is 1. The summed E-state index contributed by atoms with van der Waals surface area (Å²) in [6.07, 6.45) is 2.97. The fourth-order valence-corrected chi connectivity index (χ4v) is 5.52. The van der Waals surface area contributed by atoms with Gasteiger partial charge in [0.15, 0.2) is 5.16 Å². The zero-order valence-electron chi connectivity index (χ0n) is 15.9. The molecule has 1 N–H and O–H groups in total. The van der Waals surface area contributed by atoms with Gasteiger partial charge in [-0.3, -0.25) is 24.3 Å². The lowest BCUT2D eigenvalue weighted by Crippen LogP contribution is -2.21. The third-order valence-electron chi connectivity index (χ3n) is 4.86. The number of nitrogens with one attached hydrogen (secondary N) is 1. The second-order valence-electron chi connectivity index (χ2n) is 6.91. The zero-order valence-corrected chi connectivity index (χ0v) is 17.5. The number of thioether (sulfide) groups is 1. The van der Waals surface area contributed by atoms with Gasteiger partial charge in [0.25, 0.3) is 11.2 Å². The van der Waals surface area contributed by atoms with E-state index in [1.165, 1.54) is 21.6 Å². The van der Waals surface area contributed by atoms with Crippen molar-refractivity contribution >= 4 is 50.6 Å². The van der Waals surface area contributed by atoms with Gasteiger partial charge in [-0.1, -0.05) is 17.8 Å². The smallest absolute Gasteiger partial charge is 0.293 e. The number of carbonyl (C=O) groups excluding carboxylic acids is 1.